The summed E-state index contributed by atoms with van der Waals surface area (Å²) in [6.45, 7) is 14.6. The summed E-state index contributed by atoms with van der Waals surface area (Å²) >= 11 is 0. The Morgan fingerprint density at radius 1 is 1.21 bits per heavy atom. The number of allylic oxidation sites excluding steroid dienone is 4. The summed E-state index contributed by atoms with van der Waals surface area (Å²) in [4.78, 5) is 0. The van der Waals surface area contributed by atoms with E-state index >= 15 is 0 Å². The van der Waals surface area contributed by atoms with Crippen LogP contribution in [-0.2, 0) is 0 Å². The van der Waals surface area contributed by atoms with Crippen molar-refractivity contribution in [2.24, 2.45) is 5.92 Å². The van der Waals surface area contributed by atoms with Gasteiger partial charge >= 0.3 is 0 Å². The van der Waals surface area contributed by atoms with Crippen LogP contribution < -0.4 is 0 Å². The average Bonchev–Trinajstić information content (AvgIpc) is 2.21. The van der Waals surface area contributed by atoms with E-state index in [4.69, 9.17) is 0 Å². The van der Waals surface area contributed by atoms with Crippen molar-refractivity contribution in [1.82, 2.24) is 0 Å². The van der Waals surface area contributed by atoms with E-state index in [1.807, 2.05) is 0 Å². The SMILES string of the molecule is C=C(/C=C\C(=C)[C@H](C)CCCC)CC. The van der Waals surface area contributed by atoms with Crippen LogP contribution in [-0.4, -0.2) is 0 Å². The zero-order valence-electron chi connectivity index (χ0n) is 9.97. The van der Waals surface area contributed by atoms with E-state index in [-0.39, 0.29) is 0 Å². The zero-order valence-corrected chi connectivity index (χ0v) is 9.97. The van der Waals surface area contributed by atoms with Gasteiger partial charge in [-0.15, -0.1) is 0 Å². The third-order valence-corrected chi connectivity index (χ3v) is 2.61. The average molecular weight is 192 g/mol. The number of unbranched alkanes of at least 4 members (excludes halogenated alkanes) is 1. The fraction of sp³-hybridized carbons (Fsp3) is 0.571. The molecule has 0 amide bonds. The molecule has 0 aromatic heterocycles. The number of hydrogen-bond acceptors (Lipinski definition) is 0. The van der Waals surface area contributed by atoms with Crippen molar-refractivity contribution in [3.8, 4) is 0 Å². The Morgan fingerprint density at radius 3 is 2.36 bits per heavy atom. The molecule has 0 saturated heterocycles. The molecule has 0 bridgehead atoms. The van der Waals surface area contributed by atoms with Crippen molar-refractivity contribution in [3.63, 3.8) is 0 Å². The summed E-state index contributed by atoms with van der Waals surface area (Å²) in [6.07, 6.45) is 9.04. The van der Waals surface area contributed by atoms with Gasteiger partial charge in [-0.25, -0.2) is 0 Å². The first-order valence-corrected chi connectivity index (χ1v) is 5.66. The molecule has 0 aromatic rings. The maximum absolute atomic E-state index is 4.09. The van der Waals surface area contributed by atoms with Gasteiger partial charge in [0, 0.05) is 0 Å². The van der Waals surface area contributed by atoms with E-state index in [0.29, 0.717) is 5.92 Å². The predicted molar refractivity (Wildman–Crippen MR) is 66.4 cm³/mol. The molecule has 0 aromatic carbocycles. The summed E-state index contributed by atoms with van der Waals surface area (Å²) < 4.78 is 0. The van der Waals surface area contributed by atoms with Crippen molar-refractivity contribution in [2.75, 3.05) is 0 Å². The van der Waals surface area contributed by atoms with E-state index in [0.717, 1.165) is 6.42 Å². The molecule has 0 nitrogen and oxygen atoms in total. The van der Waals surface area contributed by atoms with E-state index in [1.165, 1.54) is 30.4 Å². The van der Waals surface area contributed by atoms with Crippen LogP contribution in [0.25, 0.3) is 0 Å². The summed E-state index contributed by atoms with van der Waals surface area (Å²) in [5, 5.41) is 0. The Bertz CT molecular complexity index is 208. The summed E-state index contributed by atoms with van der Waals surface area (Å²) in [5.41, 5.74) is 2.40. The van der Waals surface area contributed by atoms with E-state index in [9.17, 15) is 0 Å². The van der Waals surface area contributed by atoms with Crippen LogP contribution in [0.3, 0.4) is 0 Å². The lowest BCUT2D eigenvalue weighted by Gasteiger charge is -2.10. The molecule has 0 aliphatic rings. The number of hydrogen-bond donors (Lipinski definition) is 0. The van der Waals surface area contributed by atoms with Gasteiger partial charge in [0.1, 0.15) is 0 Å². The van der Waals surface area contributed by atoms with Gasteiger partial charge in [0.2, 0.25) is 0 Å². The maximum atomic E-state index is 4.09. The minimum atomic E-state index is 0.607. The van der Waals surface area contributed by atoms with E-state index in [1.54, 1.807) is 0 Å². The minimum Gasteiger partial charge on any atom is -0.0958 e. The van der Waals surface area contributed by atoms with Gasteiger partial charge < -0.3 is 0 Å². The second kappa shape index (κ2) is 7.61. The highest BCUT2D eigenvalue weighted by atomic mass is 14.1. The van der Waals surface area contributed by atoms with Crippen molar-refractivity contribution in [1.29, 1.82) is 0 Å². The molecule has 0 radical (unpaired) electrons. The molecule has 0 N–H and O–H groups in total. The van der Waals surface area contributed by atoms with Gasteiger partial charge in [0.25, 0.3) is 0 Å². The van der Waals surface area contributed by atoms with Crippen molar-refractivity contribution < 1.29 is 0 Å². The summed E-state index contributed by atoms with van der Waals surface area (Å²) in [6, 6.07) is 0. The fourth-order valence-electron chi connectivity index (χ4n) is 1.20. The monoisotopic (exact) mass is 192 g/mol. The van der Waals surface area contributed by atoms with Crippen molar-refractivity contribution in [2.45, 2.75) is 46.5 Å². The topological polar surface area (TPSA) is 0 Å². The minimum absolute atomic E-state index is 0.607. The van der Waals surface area contributed by atoms with Gasteiger partial charge in [-0.1, -0.05) is 70.1 Å². The first-order chi connectivity index (χ1) is 6.61. The molecule has 0 unspecified atom stereocenters. The van der Waals surface area contributed by atoms with Crippen LogP contribution in [0.5, 0.6) is 0 Å². The van der Waals surface area contributed by atoms with Crippen LogP contribution in [0.1, 0.15) is 46.5 Å². The molecule has 0 saturated carbocycles. The molecule has 80 valence electrons. The van der Waals surface area contributed by atoms with Gasteiger partial charge in [0.05, 0.1) is 0 Å². The second-order valence-electron chi connectivity index (χ2n) is 3.96. The summed E-state index contributed by atoms with van der Waals surface area (Å²) in [7, 11) is 0. The van der Waals surface area contributed by atoms with Crippen LogP contribution in [0.4, 0.5) is 0 Å². The third kappa shape index (κ3) is 5.80. The molecule has 0 heteroatoms. The Hall–Kier alpha value is -0.780. The van der Waals surface area contributed by atoms with Crippen molar-refractivity contribution in [3.05, 3.63) is 36.5 Å². The largest absolute Gasteiger partial charge is 0.0958 e. The van der Waals surface area contributed by atoms with Crippen LogP contribution in [0.15, 0.2) is 36.5 Å². The second-order valence-corrected chi connectivity index (χ2v) is 3.96. The molecule has 14 heavy (non-hydrogen) atoms. The van der Waals surface area contributed by atoms with Gasteiger partial charge in [-0.2, -0.15) is 0 Å². The van der Waals surface area contributed by atoms with Crippen LogP contribution in [0, 0.1) is 5.92 Å². The Balaban J connectivity index is 3.94. The lowest BCUT2D eigenvalue weighted by molar-refractivity contribution is 0.582. The smallest absolute Gasteiger partial charge is 0.0196 e. The molecule has 0 fully saturated rings. The lowest BCUT2D eigenvalue weighted by Crippen LogP contribution is -1.95. The normalized spacial score (nSPS) is 13.1. The molecule has 0 aliphatic heterocycles. The quantitative estimate of drug-likeness (QED) is 0.504. The van der Waals surface area contributed by atoms with Crippen LogP contribution in [0.2, 0.25) is 0 Å². The van der Waals surface area contributed by atoms with Gasteiger partial charge in [0.15, 0.2) is 0 Å². The van der Waals surface area contributed by atoms with Crippen molar-refractivity contribution >= 4 is 0 Å². The Morgan fingerprint density at radius 2 is 1.86 bits per heavy atom. The van der Waals surface area contributed by atoms with E-state index in [2.05, 4.69) is 46.1 Å². The summed E-state index contributed by atoms with van der Waals surface area (Å²) in [5.74, 6) is 0.607. The highest BCUT2D eigenvalue weighted by Crippen LogP contribution is 2.17. The van der Waals surface area contributed by atoms with Gasteiger partial charge in [-0.05, 0) is 18.8 Å². The standard InChI is InChI=1S/C14H24/c1-6-8-9-13(4)14(5)11-10-12(3)7-2/h10-11,13H,3,5-9H2,1-2,4H3/b11-10-/t13-/m1/s1. The zero-order chi connectivity index (χ0) is 11.0. The maximum Gasteiger partial charge on any atom is -0.0196 e. The Kier molecular flexibility index (Phi) is 7.18. The molecule has 0 rings (SSSR count). The molecule has 0 heterocycles. The first kappa shape index (κ1) is 13.2. The highest BCUT2D eigenvalue weighted by Gasteiger charge is 2.02. The highest BCUT2D eigenvalue weighted by molar-refractivity contribution is 5.25. The van der Waals surface area contributed by atoms with Crippen LogP contribution >= 0.6 is 0 Å². The molecule has 1 atom stereocenters. The molecular weight excluding hydrogens is 168 g/mol. The third-order valence-electron chi connectivity index (χ3n) is 2.61. The molecule has 0 spiro atoms. The van der Waals surface area contributed by atoms with E-state index < -0.39 is 0 Å². The van der Waals surface area contributed by atoms with Gasteiger partial charge in [-0.3, -0.25) is 0 Å². The number of rotatable bonds is 7. The molecular formula is C14H24. The first-order valence-electron chi connectivity index (χ1n) is 5.66. The predicted octanol–water partition coefficient (Wildman–Crippen LogP) is 4.89. The lowest BCUT2D eigenvalue weighted by atomic mass is 9.96. The molecule has 0 aliphatic carbocycles. The Labute approximate surface area is 89.4 Å². The fourth-order valence-corrected chi connectivity index (χ4v) is 1.20.